The maximum Gasteiger partial charge on any atom is 0.327 e. The normalized spacial score (nSPS) is 23.5. The number of anilines is 1. The predicted octanol–water partition coefficient (Wildman–Crippen LogP) is 0.318. The van der Waals surface area contributed by atoms with Gasteiger partial charge in [0.2, 0.25) is 0 Å². The van der Waals surface area contributed by atoms with Gasteiger partial charge >= 0.3 is 5.69 Å². The second-order valence-electron chi connectivity index (χ2n) is 5.03. The van der Waals surface area contributed by atoms with Crippen LogP contribution in [0.4, 0.5) is 5.82 Å². The van der Waals surface area contributed by atoms with E-state index in [-0.39, 0.29) is 17.3 Å². The Labute approximate surface area is 98.2 Å². The molecule has 1 saturated heterocycles. The van der Waals surface area contributed by atoms with E-state index in [0.29, 0.717) is 18.6 Å². The first-order valence-electron chi connectivity index (χ1n) is 5.65. The van der Waals surface area contributed by atoms with Crippen LogP contribution in [0.15, 0.2) is 9.59 Å². The van der Waals surface area contributed by atoms with Crippen LogP contribution in [0.3, 0.4) is 0 Å². The minimum Gasteiger partial charge on any atom is -0.385 e. The molecule has 17 heavy (non-hydrogen) atoms. The lowest BCUT2D eigenvalue weighted by Gasteiger charge is -2.35. The lowest BCUT2D eigenvalue weighted by Crippen LogP contribution is -2.37. The first-order chi connectivity index (χ1) is 7.89. The minimum atomic E-state index is -0.567. The van der Waals surface area contributed by atoms with E-state index in [0.717, 1.165) is 6.42 Å². The molecule has 1 fully saturated rings. The molecule has 1 aliphatic heterocycles. The zero-order chi connectivity index (χ0) is 12.6. The van der Waals surface area contributed by atoms with Gasteiger partial charge in [-0.2, -0.15) is 0 Å². The Morgan fingerprint density at radius 2 is 2.06 bits per heavy atom. The van der Waals surface area contributed by atoms with Crippen LogP contribution in [-0.4, -0.2) is 22.2 Å². The maximum atomic E-state index is 11.8. The number of aromatic nitrogens is 2. The largest absolute Gasteiger partial charge is 0.385 e. The van der Waals surface area contributed by atoms with Crippen LogP contribution < -0.4 is 17.0 Å². The number of hydrogen-bond donors (Lipinski definition) is 3. The molecule has 4 N–H and O–H groups in total. The highest BCUT2D eigenvalue weighted by Gasteiger charge is 2.32. The van der Waals surface area contributed by atoms with Crippen molar-refractivity contribution < 1.29 is 4.74 Å². The molecule has 1 aromatic rings. The molecule has 0 spiro atoms. The summed E-state index contributed by atoms with van der Waals surface area (Å²) < 4.78 is 5.60. The maximum absolute atomic E-state index is 11.8. The summed E-state index contributed by atoms with van der Waals surface area (Å²) in [4.78, 5) is 27.5. The fraction of sp³-hybridized carbons (Fsp3) is 0.636. The van der Waals surface area contributed by atoms with Crippen molar-refractivity contribution in [1.29, 1.82) is 0 Å². The van der Waals surface area contributed by atoms with Crippen molar-refractivity contribution in [3.05, 3.63) is 26.4 Å². The van der Waals surface area contributed by atoms with Crippen LogP contribution in [0.25, 0.3) is 0 Å². The van der Waals surface area contributed by atoms with Gasteiger partial charge in [0.25, 0.3) is 5.56 Å². The average molecular weight is 239 g/mol. The van der Waals surface area contributed by atoms with Gasteiger partial charge in [0.05, 0.1) is 11.2 Å². The van der Waals surface area contributed by atoms with E-state index in [2.05, 4.69) is 9.97 Å². The van der Waals surface area contributed by atoms with Crippen molar-refractivity contribution in [3.8, 4) is 0 Å². The van der Waals surface area contributed by atoms with E-state index in [4.69, 9.17) is 10.5 Å². The van der Waals surface area contributed by atoms with Crippen molar-refractivity contribution in [1.82, 2.24) is 9.97 Å². The van der Waals surface area contributed by atoms with Crippen LogP contribution in [0.5, 0.6) is 0 Å². The Morgan fingerprint density at radius 3 is 2.65 bits per heavy atom. The van der Waals surface area contributed by atoms with E-state index >= 15 is 0 Å². The number of hydrogen-bond acceptors (Lipinski definition) is 4. The molecule has 1 aromatic heterocycles. The quantitative estimate of drug-likeness (QED) is 0.656. The van der Waals surface area contributed by atoms with Crippen LogP contribution >= 0.6 is 0 Å². The van der Waals surface area contributed by atoms with E-state index in [9.17, 15) is 9.59 Å². The summed E-state index contributed by atoms with van der Waals surface area (Å²) in [5, 5.41) is 0. The van der Waals surface area contributed by atoms with Gasteiger partial charge in [-0.1, -0.05) is 0 Å². The summed E-state index contributed by atoms with van der Waals surface area (Å²) in [7, 11) is 0. The van der Waals surface area contributed by atoms with Crippen LogP contribution in [0.2, 0.25) is 0 Å². The smallest absolute Gasteiger partial charge is 0.327 e. The molecule has 2 rings (SSSR count). The summed E-state index contributed by atoms with van der Waals surface area (Å²) in [6.45, 7) is 4.56. The zero-order valence-electron chi connectivity index (χ0n) is 10.0. The lowest BCUT2D eigenvalue weighted by atomic mass is 9.84. The molecule has 6 heteroatoms. The van der Waals surface area contributed by atoms with E-state index < -0.39 is 11.2 Å². The van der Waals surface area contributed by atoms with Crippen molar-refractivity contribution in [2.24, 2.45) is 0 Å². The van der Waals surface area contributed by atoms with Gasteiger partial charge in [0.1, 0.15) is 5.82 Å². The van der Waals surface area contributed by atoms with Crippen molar-refractivity contribution in [2.45, 2.75) is 38.2 Å². The summed E-state index contributed by atoms with van der Waals surface area (Å²) in [6.07, 6.45) is 1.45. The molecular formula is C11H17N3O3. The van der Waals surface area contributed by atoms with Gasteiger partial charge in [0, 0.05) is 6.61 Å². The molecule has 1 aliphatic rings. The Kier molecular flexibility index (Phi) is 2.82. The fourth-order valence-corrected chi connectivity index (χ4v) is 2.40. The number of aromatic amines is 2. The van der Waals surface area contributed by atoms with Gasteiger partial charge in [-0.15, -0.1) is 0 Å². The van der Waals surface area contributed by atoms with Crippen LogP contribution in [0.1, 0.15) is 38.2 Å². The van der Waals surface area contributed by atoms with Gasteiger partial charge < -0.3 is 10.5 Å². The van der Waals surface area contributed by atoms with Crippen molar-refractivity contribution in [2.75, 3.05) is 12.3 Å². The summed E-state index contributed by atoms with van der Waals surface area (Å²) in [5.41, 5.74) is 4.97. The number of nitrogens with two attached hydrogens (primary N) is 1. The molecule has 94 valence electrons. The third-order valence-electron chi connectivity index (χ3n) is 3.12. The molecule has 0 saturated carbocycles. The average Bonchev–Trinajstić information content (AvgIpc) is 2.13. The highest BCUT2D eigenvalue weighted by molar-refractivity contribution is 5.39. The van der Waals surface area contributed by atoms with E-state index in [1.54, 1.807) is 0 Å². The first-order valence-corrected chi connectivity index (χ1v) is 5.65. The molecule has 0 bridgehead atoms. The first kappa shape index (κ1) is 11.9. The molecule has 0 aliphatic carbocycles. The van der Waals surface area contributed by atoms with E-state index in [1.165, 1.54) is 0 Å². The molecule has 1 atom stereocenters. The SMILES string of the molecule is CC1(C)CC(c2c(N)[nH]c(=O)[nH]c2=O)CCO1. The summed E-state index contributed by atoms with van der Waals surface area (Å²) >= 11 is 0. The Bertz CT molecular complexity index is 529. The number of nitrogen functional groups attached to an aromatic ring is 1. The second-order valence-corrected chi connectivity index (χ2v) is 5.03. The summed E-state index contributed by atoms with van der Waals surface area (Å²) in [6, 6.07) is 0. The number of ether oxygens (including phenoxy) is 1. The molecule has 6 nitrogen and oxygen atoms in total. The topological polar surface area (TPSA) is 101 Å². The predicted molar refractivity (Wildman–Crippen MR) is 64.1 cm³/mol. The highest BCUT2D eigenvalue weighted by atomic mass is 16.5. The van der Waals surface area contributed by atoms with Crippen LogP contribution in [0, 0.1) is 0 Å². The molecule has 0 radical (unpaired) electrons. The number of rotatable bonds is 1. The minimum absolute atomic E-state index is 0.0272. The monoisotopic (exact) mass is 239 g/mol. The zero-order valence-corrected chi connectivity index (χ0v) is 10.0. The van der Waals surface area contributed by atoms with Gasteiger partial charge in [-0.3, -0.25) is 14.8 Å². The van der Waals surface area contributed by atoms with Crippen molar-refractivity contribution in [3.63, 3.8) is 0 Å². The Hall–Kier alpha value is -1.56. The third kappa shape index (κ3) is 2.41. The standard InChI is InChI=1S/C11H17N3O3/c1-11(2)5-6(3-4-17-11)7-8(12)13-10(16)14-9(7)15/h6H,3-5H2,1-2H3,(H4,12,13,14,15,16). The lowest BCUT2D eigenvalue weighted by molar-refractivity contribution is -0.0593. The third-order valence-corrected chi connectivity index (χ3v) is 3.12. The Balaban J connectivity index is 2.41. The molecule has 0 amide bonds. The molecule has 0 aromatic carbocycles. The number of H-pyrrole nitrogens is 2. The molecule has 2 heterocycles. The summed E-state index contributed by atoms with van der Waals surface area (Å²) in [5.74, 6) is 0.195. The van der Waals surface area contributed by atoms with Crippen LogP contribution in [-0.2, 0) is 4.74 Å². The second kappa shape index (κ2) is 4.03. The van der Waals surface area contributed by atoms with Gasteiger partial charge in [-0.25, -0.2) is 4.79 Å². The fourth-order valence-electron chi connectivity index (χ4n) is 2.40. The number of nitrogens with one attached hydrogen (secondary N) is 2. The molecule has 1 unspecified atom stereocenters. The van der Waals surface area contributed by atoms with Crippen molar-refractivity contribution >= 4 is 5.82 Å². The van der Waals surface area contributed by atoms with Gasteiger partial charge in [-0.05, 0) is 32.6 Å². The van der Waals surface area contributed by atoms with E-state index in [1.807, 2.05) is 13.8 Å². The van der Waals surface area contributed by atoms with Gasteiger partial charge in [0.15, 0.2) is 0 Å². The highest BCUT2D eigenvalue weighted by Crippen LogP contribution is 2.35. The molecular weight excluding hydrogens is 222 g/mol. The Morgan fingerprint density at radius 1 is 1.35 bits per heavy atom.